The molecule has 0 bridgehead atoms. The Morgan fingerprint density at radius 1 is 0.734 bits per heavy atom. The van der Waals surface area contributed by atoms with Crippen molar-refractivity contribution >= 4 is 5.78 Å². The lowest BCUT2D eigenvalue weighted by Crippen LogP contribution is -2.67. The van der Waals surface area contributed by atoms with E-state index in [1.54, 1.807) is 0 Å². The average molecular weight is 915 g/mol. The molecule has 64 heavy (non-hydrogen) atoms. The first-order valence-electron chi connectivity index (χ1n) is 23.6. The number of hydrogen-bond donors (Lipinski definition) is 10. The van der Waals surface area contributed by atoms with E-state index in [0.717, 1.165) is 31.3 Å². The maximum atomic E-state index is 15.1. The quantitative estimate of drug-likeness (QED) is 0.0959. The fraction of sp³-hybridized carbons (Fsp3) is 0.936. The van der Waals surface area contributed by atoms with Gasteiger partial charge in [0.1, 0.15) is 72.9 Å². The number of carbonyl (C=O) groups is 1. The monoisotopic (exact) mass is 915 g/mol. The van der Waals surface area contributed by atoms with E-state index < -0.39 is 115 Å². The lowest BCUT2D eigenvalue weighted by molar-refractivity contribution is -0.341. The minimum absolute atomic E-state index is 0.0433. The van der Waals surface area contributed by atoms with E-state index in [9.17, 15) is 51.1 Å². The highest BCUT2D eigenvalue weighted by molar-refractivity contribution is 5.84. The summed E-state index contributed by atoms with van der Waals surface area (Å²) >= 11 is 0. The molecule has 0 aromatic rings. The van der Waals surface area contributed by atoms with Crippen molar-refractivity contribution in [2.24, 2.45) is 45.3 Å². The highest BCUT2D eigenvalue weighted by Crippen LogP contribution is 2.75. The van der Waals surface area contributed by atoms with E-state index in [1.807, 2.05) is 20.8 Å². The Labute approximate surface area is 377 Å². The van der Waals surface area contributed by atoms with Gasteiger partial charge in [0.15, 0.2) is 18.9 Å². The third-order valence-electron chi connectivity index (χ3n) is 18.2. The van der Waals surface area contributed by atoms with Crippen LogP contribution < -0.4 is 0 Å². The van der Waals surface area contributed by atoms with Gasteiger partial charge in [0.2, 0.25) is 0 Å². The molecule has 0 amide bonds. The van der Waals surface area contributed by atoms with Crippen molar-refractivity contribution in [3.8, 4) is 0 Å². The maximum absolute atomic E-state index is 15.1. The van der Waals surface area contributed by atoms with Crippen molar-refractivity contribution in [1.29, 1.82) is 0 Å². The average Bonchev–Trinajstić information content (AvgIpc) is 3.62. The highest BCUT2D eigenvalue weighted by atomic mass is 16.7. The highest BCUT2D eigenvalue weighted by Gasteiger charge is 2.72. The van der Waals surface area contributed by atoms with Crippen molar-refractivity contribution in [2.45, 2.75) is 211 Å². The van der Waals surface area contributed by atoms with Gasteiger partial charge < -0.3 is 79.5 Å². The van der Waals surface area contributed by atoms with Crippen LogP contribution in [0.15, 0.2) is 11.6 Å². The molecule has 368 valence electrons. The lowest BCUT2D eigenvalue weighted by atomic mass is 9.35. The molecule has 17 nitrogen and oxygen atoms in total. The van der Waals surface area contributed by atoms with Crippen LogP contribution in [-0.4, -0.2) is 174 Å². The molecule has 3 heterocycles. The van der Waals surface area contributed by atoms with E-state index in [2.05, 4.69) is 40.7 Å². The molecule has 4 saturated carbocycles. The molecular weight excluding hydrogens is 837 g/mol. The van der Waals surface area contributed by atoms with E-state index in [0.29, 0.717) is 32.1 Å². The van der Waals surface area contributed by atoms with Gasteiger partial charge >= 0.3 is 0 Å². The molecule has 0 spiro atoms. The summed E-state index contributed by atoms with van der Waals surface area (Å²) in [5, 5.41) is 105. The second kappa shape index (κ2) is 18.6. The van der Waals surface area contributed by atoms with Gasteiger partial charge in [-0.15, -0.1) is 0 Å². The van der Waals surface area contributed by atoms with E-state index >= 15 is 4.79 Å². The van der Waals surface area contributed by atoms with Gasteiger partial charge in [0.05, 0.1) is 31.5 Å². The first-order valence-corrected chi connectivity index (χ1v) is 23.6. The summed E-state index contributed by atoms with van der Waals surface area (Å²) in [7, 11) is 0. The van der Waals surface area contributed by atoms with Gasteiger partial charge in [-0.25, -0.2) is 0 Å². The second-order valence-electron chi connectivity index (χ2n) is 22.3. The molecule has 7 rings (SSSR count). The fourth-order valence-electron chi connectivity index (χ4n) is 14.2. The van der Waals surface area contributed by atoms with Crippen molar-refractivity contribution < 1.29 is 84.3 Å². The molecular formula is C47H78O17. The maximum Gasteiger partial charge on any atom is 0.187 e. The summed E-state index contributed by atoms with van der Waals surface area (Å²) in [6, 6.07) is 0. The van der Waals surface area contributed by atoms with Gasteiger partial charge in [-0.1, -0.05) is 46.3 Å². The van der Waals surface area contributed by atoms with Crippen molar-refractivity contribution in [1.82, 2.24) is 0 Å². The molecule has 0 unspecified atom stereocenters. The van der Waals surface area contributed by atoms with Crippen molar-refractivity contribution in [2.75, 3.05) is 19.8 Å². The SMILES string of the molecule is CC(C)=CCC[C@](C)(O[C@@H]1O[C@H](CO)[C@@H](O)[C@H](O)[C@H]1O)[C@H]1CC[C@]2(C)[C@@H]1C(=O)C[C@@H]1[C@@]3(C)CC[C@H](O[C@@H]4O[C@H](CO[C@@H]5OC[C@@H](O)[C@H](O)[C@H]5O)[C@@H](O)[C@H](O)[C@H]4O)C(C)(C)[C@@H]3CC[C@]12C. The zero-order valence-corrected chi connectivity index (χ0v) is 38.9. The minimum atomic E-state index is -1.64. The molecule has 10 N–H and O–H groups in total. The Morgan fingerprint density at radius 3 is 2.00 bits per heavy atom. The van der Waals surface area contributed by atoms with Crippen LogP contribution in [0.4, 0.5) is 0 Å². The molecule has 4 aliphatic carbocycles. The molecule has 23 atom stereocenters. The van der Waals surface area contributed by atoms with Gasteiger partial charge in [0, 0.05) is 12.3 Å². The third kappa shape index (κ3) is 8.50. The van der Waals surface area contributed by atoms with Crippen LogP contribution in [0.25, 0.3) is 0 Å². The summed E-state index contributed by atoms with van der Waals surface area (Å²) in [6.07, 6.45) is -12.4. The number of fused-ring (bicyclic) bond motifs is 5. The smallest absolute Gasteiger partial charge is 0.187 e. The number of aliphatic hydroxyl groups excluding tert-OH is 10. The Kier molecular flexibility index (Phi) is 14.7. The zero-order chi connectivity index (χ0) is 47.1. The van der Waals surface area contributed by atoms with Gasteiger partial charge in [-0.05, 0) is 112 Å². The number of carbonyl (C=O) groups excluding carboxylic acids is 1. The number of rotatable bonds is 12. The zero-order valence-electron chi connectivity index (χ0n) is 38.9. The molecule has 0 radical (unpaired) electrons. The molecule has 3 saturated heterocycles. The van der Waals surface area contributed by atoms with Crippen LogP contribution in [0.3, 0.4) is 0 Å². The number of aliphatic hydroxyl groups is 10. The Balaban J connectivity index is 1.08. The minimum Gasteiger partial charge on any atom is -0.394 e. The first kappa shape index (κ1) is 50.6. The molecule has 17 heteroatoms. The first-order chi connectivity index (χ1) is 29.9. The van der Waals surface area contributed by atoms with Crippen molar-refractivity contribution in [3.05, 3.63) is 11.6 Å². The molecule has 7 fully saturated rings. The number of hydrogen-bond acceptors (Lipinski definition) is 17. The Bertz CT molecular complexity index is 1670. The van der Waals surface area contributed by atoms with E-state index in [4.69, 9.17) is 28.4 Å². The van der Waals surface area contributed by atoms with Gasteiger partial charge in [0.25, 0.3) is 0 Å². The third-order valence-corrected chi connectivity index (χ3v) is 18.2. The number of ketones is 1. The number of allylic oxidation sites excluding steroid dienone is 2. The molecule has 7 aliphatic rings. The standard InChI is InChI=1S/C47H78O17/c1-22(2)10-9-14-47(8,64-42-39(58)35(54)33(52)26(19-48)61-42)23-11-16-46(7)31(23)24(49)18-29-44(5)15-13-30(43(3,4)28(44)12-17-45(29,46)6)63-41-38(57)36(55)34(53)27(62-41)21-60-40-37(56)32(51)25(50)20-59-40/h10,23,25-42,48,50-58H,9,11-21H2,1-8H3/t23-,25+,26+,27+,28-,29+,30-,31-,32-,33+,34+,35-,36-,37+,38+,39+,40-,41-,42-,44-,45+,46+,47-/m0/s1. The summed E-state index contributed by atoms with van der Waals surface area (Å²) in [5.74, 6) is -0.254. The predicted octanol–water partition coefficient (Wildman–Crippen LogP) is 0.821. The predicted molar refractivity (Wildman–Crippen MR) is 227 cm³/mol. The normalized spacial score (nSPS) is 51.3. The van der Waals surface area contributed by atoms with Crippen molar-refractivity contribution in [3.63, 3.8) is 0 Å². The van der Waals surface area contributed by atoms with Gasteiger partial charge in [-0.2, -0.15) is 0 Å². The molecule has 0 aromatic carbocycles. The second-order valence-corrected chi connectivity index (χ2v) is 22.3. The van der Waals surface area contributed by atoms with Gasteiger partial charge in [-0.3, -0.25) is 4.79 Å². The Morgan fingerprint density at radius 2 is 1.34 bits per heavy atom. The number of Topliss-reactive ketones (excluding diaryl/α,β-unsaturated/α-hetero) is 1. The summed E-state index contributed by atoms with van der Waals surface area (Å²) < 4.78 is 36.3. The topological polar surface area (TPSA) is 275 Å². The molecule has 0 aromatic heterocycles. The van der Waals surface area contributed by atoms with Crippen LogP contribution in [-0.2, 0) is 33.2 Å². The largest absolute Gasteiger partial charge is 0.394 e. The van der Waals surface area contributed by atoms with Crippen LogP contribution >= 0.6 is 0 Å². The lowest BCUT2D eigenvalue weighted by Gasteiger charge is -2.69. The van der Waals surface area contributed by atoms with Crippen LogP contribution in [0.1, 0.15) is 113 Å². The van der Waals surface area contributed by atoms with Crippen LogP contribution in [0.5, 0.6) is 0 Å². The molecule has 3 aliphatic heterocycles. The van der Waals surface area contributed by atoms with Crippen LogP contribution in [0, 0.1) is 45.3 Å². The number of ether oxygens (including phenoxy) is 6. The Hall–Kier alpha value is -1.23. The fourth-order valence-corrected chi connectivity index (χ4v) is 14.2. The van der Waals surface area contributed by atoms with E-state index in [1.165, 1.54) is 0 Å². The summed E-state index contributed by atoms with van der Waals surface area (Å²) in [5.41, 5.74) is -1.23. The van der Waals surface area contributed by atoms with E-state index in [-0.39, 0.29) is 53.5 Å². The summed E-state index contributed by atoms with van der Waals surface area (Å²) in [4.78, 5) is 15.1. The van der Waals surface area contributed by atoms with Crippen LogP contribution in [0.2, 0.25) is 0 Å². The summed E-state index contributed by atoms with van der Waals surface area (Å²) in [6.45, 7) is 16.1.